The first-order chi connectivity index (χ1) is 8.86. The molecule has 3 fully saturated rings. The molecule has 102 valence electrons. The smallest absolute Gasteiger partial charge is 0.0785 e. The number of ether oxygens (including phenoxy) is 1. The summed E-state index contributed by atoms with van der Waals surface area (Å²) in [5.41, 5.74) is 0.240. The third-order valence-corrected chi connectivity index (χ3v) is 5.55. The van der Waals surface area contributed by atoms with E-state index in [1.54, 1.807) is 0 Å². The van der Waals surface area contributed by atoms with Gasteiger partial charge in [-0.1, -0.05) is 12.2 Å². The Kier molecular flexibility index (Phi) is 4.32. The lowest BCUT2D eigenvalue weighted by atomic mass is 9.85. The minimum absolute atomic E-state index is 0.240. The van der Waals surface area contributed by atoms with Gasteiger partial charge >= 0.3 is 0 Å². The average Bonchev–Trinajstić information content (AvgIpc) is 3.11. The van der Waals surface area contributed by atoms with Crippen LogP contribution >= 0.6 is 11.8 Å². The molecule has 1 N–H and O–H groups in total. The van der Waals surface area contributed by atoms with Crippen molar-refractivity contribution < 1.29 is 4.74 Å². The molecular weight excluding hydrogens is 242 g/mol. The molecule has 3 rings (SSSR count). The highest BCUT2D eigenvalue weighted by atomic mass is 32.2. The third kappa shape index (κ3) is 3.52. The first-order valence-corrected chi connectivity index (χ1v) is 8.64. The van der Waals surface area contributed by atoms with Gasteiger partial charge in [0, 0.05) is 18.4 Å². The molecule has 1 spiro atoms. The van der Waals surface area contributed by atoms with E-state index < -0.39 is 0 Å². The van der Waals surface area contributed by atoms with Crippen molar-refractivity contribution >= 4 is 11.8 Å². The second-order valence-corrected chi connectivity index (χ2v) is 7.14. The highest BCUT2D eigenvalue weighted by Gasteiger charge is 2.39. The third-order valence-electron chi connectivity index (χ3n) is 4.33. The van der Waals surface area contributed by atoms with Crippen LogP contribution in [0.2, 0.25) is 0 Å². The van der Waals surface area contributed by atoms with E-state index in [2.05, 4.69) is 29.2 Å². The fourth-order valence-corrected chi connectivity index (χ4v) is 4.42. The standard InChI is InChI=1S/C15H25NOS/c1(2-8-16-14-4-5-14)3-13-6-9-17-15(11-13)7-10-18-12-15/h1,3,13-14,16H,2,4-12H2. The van der Waals surface area contributed by atoms with Gasteiger partial charge in [-0.3, -0.25) is 0 Å². The van der Waals surface area contributed by atoms with E-state index in [4.69, 9.17) is 4.74 Å². The van der Waals surface area contributed by atoms with E-state index >= 15 is 0 Å². The monoisotopic (exact) mass is 267 g/mol. The Bertz CT molecular complexity index is 295. The normalized spacial score (nSPS) is 36.8. The maximum Gasteiger partial charge on any atom is 0.0785 e. The van der Waals surface area contributed by atoms with Gasteiger partial charge in [0.05, 0.1) is 5.60 Å². The largest absolute Gasteiger partial charge is 0.374 e. The number of hydrogen-bond acceptors (Lipinski definition) is 3. The molecule has 0 aromatic heterocycles. The summed E-state index contributed by atoms with van der Waals surface area (Å²) in [6.45, 7) is 2.13. The van der Waals surface area contributed by atoms with Gasteiger partial charge in [-0.05, 0) is 56.7 Å². The molecule has 2 unspecified atom stereocenters. The summed E-state index contributed by atoms with van der Waals surface area (Å²) in [7, 11) is 0. The first-order valence-electron chi connectivity index (χ1n) is 7.48. The molecule has 3 aliphatic rings. The van der Waals surface area contributed by atoms with Crippen molar-refractivity contribution in [3.05, 3.63) is 12.2 Å². The highest BCUT2D eigenvalue weighted by Crippen LogP contribution is 2.40. The lowest BCUT2D eigenvalue weighted by Crippen LogP contribution is -2.39. The summed E-state index contributed by atoms with van der Waals surface area (Å²) in [4.78, 5) is 0. The number of rotatable bonds is 5. The van der Waals surface area contributed by atoms with Crippen molar-refractivity contribution in [2.24, 2.45) is 5.92 Å². The molecule has 0 bridgehead atoms. The van der Waals surface area contributed by atoms with E-state index in [9.17, 15) is 0 Å². The van der Waals surface area contributed by atoms with E-state index in [-0.39, 0.29) is 5.60 Å². The van der Waals surface area contributed by atoms with Crippen molar-refractivity contribution in [1.29, 1.82) is 0 Å². The SMILES string of the molecule is C(=CC1CCOC2(CCSC2)C1)CCNC1CC1. The zero-order valence-electron chi connectivity index (χ0n) is 11.2. The minimum Gasteiger partial charge on any atom is -0.374 e. The van der Waals surface area contributed by atoms with Crippen molar-refractivity contribution in [2.45, 2.75) is 50.2 Å². The Morgan fingerprint density at radius 1 is 1.33 bits per heavy atom. The van der Waals surface area contributed by atoms with Gasteiger partial charge in [-0.2, -0.15) is 11.8 Å². The number of nitrogens with one attached hydrogen (secondary N) is 1. The molecule has 2 saturated heterocycles. The van der Waals surface area contributed by atoms with Gasteiger partial charge in [0.1, 0.15) is 0 Å². The molecule has 0 aromatic carbocycles. The Morgan fingerprint density at radius 2 is 2.28 bits per heavy atom. The zero-order valence-corrected chi connectivity index (χ0v) is 12.0. The molecule has 3 heteroatoms. The molecule has 0 radical (unpaired) electrons. The minimum atomic E-state index is 0.240. The summed E-state index contributed by atoms with van der Waals surface area (Å²) >= 11 is 2.06. The van der Waals surface area contributed by atoms with Crippen LogP contribution in [0.5, 0.6) is 0 Å². The summed E-state index contributed by atoms with van der Waals surface area (Å²) in [6, 6.07) is 0.847. The maximum atomic E-state index is 6.06. The lowest BCUT2D eigenvalue weighted by molar-refractivity contribution is -0.0718. The average molecular weight is 267 g/mol. The predicted octanol–water partition coefficient (Wildman–Crippen LogP) is 2.99. The molecule has 2 atom stereocenters. The number of thioether (sulfide) groups is 1. The van der Waals surface area contributed by atoms with Crippen LogP contribution in [0.3, 0.4) is 0 Å². The molecule has 1 saturated carbocycles. The van der Waals surface area contributed by atoms with Crippen LogP contribution in [0.25, 0.3) is 0 Å². The van der Waals surface area contributed by atoms with Crippen LogP contribution in [-0.4, -0.2) is 36.3 Å². The maximum absolute atomic E-state index is 6.06. The topological polar surface area (TPSA) is 21.3 Å². The van der Waals surface area contributed by atoms with Crippen LogP contribution in [-0.2, 0) is 4.74 Å². The molecule has 0 amide bonds. The van der Waals surface area contributed by atoms with Crippen LogP contribution in [0.15, 0.2) is 12.2 Å². The molecular formula is C15H25NOS. The van der Waals surface area contributed by atoms with E-state index in [0.29, 0.717) is 0 Å². The molecule has 1 aliphatic carbocycles. The quantitative estimate of drug-likeness (QED) is 0.611. The summed E-state index contributed by atoms with van der Waals surface area (Å²) < 4.78 is 6.06. The van der Waals surface area contributed by atoms with Crippen molar-refractivity contribution in [3.63, 3.8) is 0 Å². The van der Waals surface area contributed by atoms with Gasteiger partial charge in [0.2, 0.25) is 0 Å². The second kappa shape index (κ2) is 5.98. The summed E-state index contributed by atoms with van der Waals surface area (Å²) in [5.74, 6) is 3.28. The van der Waals surface area contributed by atoms with E-state index in [0.717, 1.165) is 25.1 Å². The van der Waals surface area contributed by atoms with Crippen LogP contribution in [0, 0.1) is 5.92 Å². The predicted molar refractivity (Wildman–Crippen MR) is 78.1 cm³/mol. The molecule has 0 aromatic rings. The van der Waals surface area contributed by atoms with Gasteiger partial charge in [-0.15, -0.1) is 0 Å². The summed E-state index contributed by atoms with van der Waals surface area (Å²) in [5, 5.41) is 3.56. The molecule has 2 nitrogen and oxygen atoms in total. The lowest BCUT2D eigenvalue weighted by Gasteiger charge is -2.36. The van der Waals surface area contributed by atoms with Gasteiger partial charge in [0.25, 0.3) is 0 Å². The van der Waals surface area contributed by atoms with E-state index in [1.807, 2.05) is 0 Å². The van der Waals surface area contributed by atoms with Crippen LogP contribution in [0.4, 0.5) is 0 Å². The molecule has 2 aliphatic heterocycles. The molecule has 2 heterocycles. The second-order valence-electron chi connectivity index (χ2n) is 6.03. The fraction of sp³-hybridized carbons (Fsp3) is 0.867. The van der Waals surface area contributed by atoms with Crippen molar-refractivity contribution in [1.82, 2.24) is 5.32 Å². The Hall–Kier alpha value is 0.01000. The summed E-state index contributed by atoms with van der Waals surface area (Å²) in [6.07, 6.45) is 12.6. The highest BCUT2D eigenvalue weighted by molar-refractivity contribution is 7.99. The molecule has 18 heavy (non-hydrogen) atoms. The number of allylic oxidation sites excluding steroid dienone is 1. The Labute approximate surface area is 115 Å². The Balaban J connectivity index is 1.39. The Morgan fingerprint density at radius 3 is 3.06 bits per heavy atom. The first kappa shape index (κ1) is 13.0. The number of hydrogen-bond donors (Lipinski definition) is 1. The van der Waals surface area contributed by atoms with Gasteiger partial charge in [0.15, 0.2) is 0 Å². The van der Waals surface area contributed by atoms with Crippen LogP contribution in [0.1, 0.15) is 38.5 Å². The fourth-order valence-electron chi connectivity index (χ4n) is 3.04. The van der Waals surface area contributed by atoms with Gasteiger partial charge < -0.3 is 10.1 Å². The van der Waals surface area contributed by atoms with Crippen LogP contribution < -0.4 is 5.32 Å². The van der Waals surface area contributed by atoms with Crippen molar-refractivity contribution in [3.8, 4) is 0 Å². The van der Waals surface area contributed by atoms with Crippen molar-refractivity contribution in [2.75, 3.05) is 24.7 Å². The zero-order chi connectivity index (χ0) is 12.3. The van der Waals surface area contributed by atoms with Gasteiger partial charge in [-0.25, -0.2) is 0 Å². The van der Waals surface area contributed by atoms with E-state index in [1.165, 1.54) is 50.0 Å².